The van der Waals surface area contributed by atoms with Crippen molar-refractivity contribution in [3.05, 3.63) is 0 Å². The van der Waals surface area contributed by atoms with E-state index in [1.807, 2.05) is 6.92 Å². The van der Waals surface area contributed by atoms with Gasteiger partial charge in [0.2, 0.25) is 5.91 Å². The van der Waals surface area contributed by atoms with Gasteiger partial charge < -0.3 is 15.8 Å². The zero-order valence-electron chi connectivity index (χ0n) is 11.1. The van der Waals surface area contributed by atoms with E-state index in [0.29, 0.717) is 19.1 Å². The molecule has 0 saturated heterocycles. The third-order valence-corrected chi connectivity index (χ3v) is 3.31. The quantitative estimate of drug-likeness (QED) is 0.601. The Morgan fingerprint density at radius 2 is 2.06 bits per heavy atom. The van der Waals surface area contributed by atoms with Gasteiger partial charge in [-0.15, -0.1) is 0 Å². The maximum Gasteiger partial charge on any atom is 0.240 e. The van der Waals surface area contributed by atoms with E-state index in [0.717, 1.165) is 38.7 Å². The Morgan fingerprint density at radius 3 is 2.65 bits per heavy atom. The van der Waals surface area contributed by atoms with Crippen LogP contribution in [-0.2, 0) is 9.53 Å². The number of ether oxygens (including phenoxy) is 1. The molecule has 1 aliphatic rings. The molecule has 1 amide bonds. The predicted octanol–water partition coefficient (Wildman–Crippen LogP) is 1.44. The lowest BCUT2D eigenvalue weighted by molar-refractivity contribution is -0.126. The van der Waals surface area contributed by atoms with Crippen LogP contribution in [0.3, 0.4) is 0 Å². The number of unbranched alkanes of at least 4 members (excludes halogenated alkanes) is 1. The van der Waals surface area contributed by atoms with Crippen molar-refractivity contribution in [3.8, 4) is 0 Å². The molecular weight excluding hydrogens is 216 g/mol. The molecule has 0 radical (unpaired) electrons. The average Bonchev–Trinajstić information content (AvgIpc) is 3.11. The third kappa shape index (κ3) is 5.04. The zero-order valence-corrected chi connectivity index (χ0v) is 11.1. The molecule has 0 spiro atoms. The summed E-state index contributed by atoms with van der Waals surface area (Å²) in [5.74, 6) is 0.358. The largest absolute Gasteiger partial charge is 0.381 e. The minimum Gasteiger partial charge on any atom is -0.381 e. The molecule has 0 bridgehead atoms. The summed E-state index contributed by atoms with van der Waals surface area (Å²) in [6.07, 6.45) is 5.29. The molecule has 100 valence electrons. The van der Waals surface area contributed by atoms with Crippen LogP contribution in [0, 0.1) is 5.92 Å². The molecule has 1 unspecified atom stereocenters. The van der Waals surface area contributed by atoms with Crippen LogP contribution in [-0.4, -0.2) is 31.2 Å². The first-order valence-electron chi connectivity index (χ1n) is 6.74. The van der Waals surface area contributed by atoms with Gasteiger partial charge in [-0.1, -0.05) is 13.3 Å². The van der Waals surface area contributed by atoms with Gasteiger partial charge in [-0.2, -0.15) is 0 Å². The molecule has 1 saturated carbocycles. The van der Waals surface area contributed by atoms with Crippen LogP contribution in [0.15, 0.2) is 0 Å². The van der Waals surface area contributed by atoms with Crippen LogP contribution in [0.2, 0.25) is 0 Å². The Morgan fingerprint density at radius 1 is 1.41 bits per heavy atom. The second kappa shape index (κ2) is 6.97. The summed E-state index contributed by atoms with van der Waals surface area (Å²) in [6, 6.07) is 0. The Balaban J connectivity index is 2.00. The molecule has 1 aliphatic carbocycles. The maximum absolute atomic E-state index is 11.8. The van der Waals surface area contributed by atoms with Crippen LogP contribution >= 0.6 is 0 Å². The van der Waals surface area contributed by atoms with Crippen LogP contribution in [0.4, 0.5) is 0 Å². The van der Waals surface area contributed by atoms with Gasteiger partial charge in [0, 0.05) is 19.8 Å². The summed E-state index contributed by atoms with van der Waals surface area (Å²) >= 11 is 0. The van der Waals surface area contributed by atoms with Gasteiger partial charge >= 0.3 is 0 Å². The van der Waals surface area contributed by atoms with E-state index < -0.39 is 5.54 Å². The lowest BCUT2D eigenvalue weighted by atomic mass is 9.96. The SMILES string of the molecule is CCCCOCCCNC(=O)C(C)(N)C1CC1. The molecule has 1 atom stereocenters. The van der Waals surface area contributed by atoms with E-state index in [-0.39, 0.29) is 5.91 Å². The Kier molecular flexibility index (Phi) is 5.92. The van der Waals surface area contributed by atoms with Crippen LogP contribution in [0.25, 0.3) is 0 Å². The first-order chi connectivity index (χ1) is 8.09. The molecule has 0 heterocycles. The Hall–Kier alpha value is -0.610. The summed E-state index contributed by atoms with van der Waals surface area (Å²) in [5, 5.41) is 2.89. The van der Waals surface area contributed by atoms with Crippen LogP contribution in [0.5, 0.6) is 0 Å². The second-order valence-corrected chi connectivity index (χ2v) is 5.13. The van der Waals surface area contributed by atoms with Gasteiger partial charge in [0.05, 0.1) is 5.54 Å². The molecule has 0 aromatic carbocycles. The summed E-state index contributed by atoms with van der Waals surface area (Å²) < 4.78 is 5.42. The molecular formula is C13H26N2O2. The van der Waals surface area contributed by atoms with E-state index in [2.05, 4.69) is 12.2 Å². The van der Waals surface area contributed by atoms with E-state index >= 15 is 0 Å². The summed E-state index contributed by atoms with van der Waals surface area (Å²) in [7, 11) is 0. The summed E-state index contributed by atoms with van der Waals surface area (Å²) in [6.45, 7) is 6.16. The minimum atomic E-state index is -0.678. The molecule has 0 aromatic heterocycles. The highest BCUT2D eigenvalue weighted by molar-refractivity contribution is 5.86. The zero-order chi connectivity index (χ0) is 12.7. The van der Waals surface area contributed by atoms with Crippen molar-refractivity contribution in [1.82, 2.24) is 5.32 Å². The van der Waals surface area contributed by atoms with Crippen molar-refractivity contribution < 1.29 is 9.53 Å². The fourth-order valence-corrected chi connectivity index (χ4v) is 1.78. The highest BCUT2D eigenvalue weighted by Crippen LogP contribution is 2.37. The lowest BCUT2D eigenvalue weighted by Gasteiger charge is -2.23. The second-order valence-electron chi connectivity index (χ2n) is 5.13. The molecule has 4 heteroatoms. The lowest BCUT2D eigenvalue weighted by Crippen LogP contribution is -2.53. The number of hydrogen-bond acceptors (Lipinski definition) is 3. The van der Waals surface area contributed by atoms with Gasteiger partial charge in [0.15, 0.2) is 0 Å². The number of nitrogens with one attached hydrogen (secondary N) is 1. The number of hydrogen-bond donors (Lipinski definition) is 2. The van der Waals surface area contributed by atoms with Gasteiger partial charge in [-0.3, -0.25) is 4.79 Å². The average molecular weight is 242 g/mol. The molecule has 0 aliphatic heterocycles. The van der Waals surface area contributed by atoms with Crippen molar-refractivity contribution in [1.29, 1.82) is 0 Å². The predicted molar refractivity (Wildman–Crippen MR) is 68.7 cm³/mol. The topological polar surface area (TPSA) is 64.3 Å². The maximum atomic E-state index is 11.8. The fraction of sp³-hybridized carbons (Fsp3) is 0.923. The molecule has 3 N–H and O–H groups in total. The normalized spacial score (nSPS) is 18.8. The van der Waals surface area contributed by atoms with Crippen molar-refractivity contribution in [2.24, 2.45) is 11.7 Å². The van der Waals surface area contributed by atoms with Crippen molar-refractivity contribution in [2.75, 3.05) is 19.8 Å². The third-order valence-electron chi connectivity index (χ3n) is 3.31. The molecule has 1 fully saturated rings. The van der Waals surface area contributed by atoms with Crippen LogP contribution < -0.4 is 11.1 Å². The standard InChI is InChI=1S/C13H26N2O2/c1-3-4-9-17-10-5-8-15-12(16)13(2,14)11-6-7-11/h11H,3-10,14H2,1-2H3,(H,15,16). The van der Waals surface area contributed by atoms with E-state index in [9.17, 15) is 4.79 Å². The monoisotopic (exact) mass is 242 g/mol. The number of nitrogens with two attached hydrogens (primary N) is 1. The summed E-state index contributed by atoms with van der Waals surface area (Å²) in [4.78, 5) is 11.8. The Bertz CT molecular complexity index is 238. The van der Waals surface area contributed by atoms with Crippen molar-refractivity contribution in [2.45, 2.75) is 51.5 Å². The van der Waals surface area contributed by atoms with Gasteiger partial charge in [0.1, 0.15) is 0 Å². The van der Waals surface area contributed by atoms with Gasteiger partial charge in [0.25, 0.3) is 0 Å². The molecule has 0 aromatic rings. The smallest absolute Gasteiger partial charge is 0.240 e. The summed E-state index contributed by atoms with van der Waals surface area (Å²) in [5.41, 5.74) is 5.33. The first-order valence-corrected chi connectivity index (χ1v) is 6.74. The number of rotatable bonds is 9. The van der Waals surface area contributed by atoms with Crippen molar-refractivity contribution in [3.63, 3.8) is 0 Å². The van der Waals surface area contributed by atoms with Gasteiger partial charge in [-0.25, -0.2) is 0 Å². The van der Waals surface area contributed by atoms with Crippen LogP contribution in [0.1, 0.15) is 46.0 Å². The number of amides is 1. The molecule has 17 heavy (non-hydrogen) atoms. The highest BCUT2D eigenvalue weighted by atomic mass is 16.5. The van der Waals surface area contributed by atoms with Gasteiger partial charge in [-0.05, 0) is 38.5 Å². The highest BCUT2D eigenvalue weighted by Gasteiger charge is 2.43. The molecule has 4 nitrogen and oxygen atoms in total. The fourth-order valence-electron chi connectivity index (χ4n) is 1.78. The first kappa shape index (κ1) is 14.5. The number of carbonyl (C=O) groups is 1. The van der Waals surface area contributed by atoms with E-state index in [1.54, 1.807) is 0 Å². The molecule has 1 rings (SSSR count). The Labute approximate surface area is 104 Å². The van der Waals surface area contributed by atoms with E-state index in [1.165, 1.54) is 0 Å². The van der Waals surface area contributed by atoms with E-state index in [4.69, 9.17) is 10.5 Å². The van der Waals surface area contributed by atoms with Crippen molar-refractivity contribution >= 4 is 5.91 Å². The minimum absolute atomic E-state index is 0.0199. The number of carbonyl (C=O) groups excluding carboxylic acids is 1.